The third-order valence-corrected chi connectivity index (χ3v) is 4.63. The van der Waals surface area contributed by atoms with E-state index in [1.807, 2.05) is 0 Å². The lowest BCUT2D eigenvalue weighted by atomic mass is 9.84. The molecule has 2 rings (SSSR count). The first kappa shape index (κ1) is 17.2. The Morgan fingerprint density at radius 1 is 1.23 bits per heavy atom. The van der Waals surface area contributed by atoms with Gasteiger partial charge in [-0.05, 0) is 39.0 Å². The van der Waals surface area contributed by atoms with E-state index in [-0.39, 0.29) is 29.9 Å². The normalized spacial score (nSPS) is 30.5. The first-order chi connectivity index (χ1) is 10.6. The number of carbonyl (C=O) groups is 2. The van der Waals surface area contributed by atoms with Crippen LogP contribution in [0.2, 0.25) is 0 Å². The van der Waals surface area contributed by atoms with Crippen molar-refractivity contribution in [1.29, 1.82) is 0 Å². The first-order valence-electron chi connectivity index (χ1n) is 8.41. The Hall–Kier alpha value is -1.14. The summed E-state index contributed by atoms with van der Waals surface area (Å²) in [5, 5.41) is 2.93. The molecule has 126 valence electrons. The lowest BCUT2D eigenvalue weighted by molar-refractivity contribution is -0.137. The van der Waals surface area contributed by atoms with Crippen molar-refractivity contribution in [3.63, 3.8) is 0 Å². The minimum Gasteiger partial charge on any atom is -0.376 e. The second-order valence-electron chi connectivity index (χ2n) is 6.37. The van der Waals surface area contributed by atoms with Gasteiger partial charge in [-0.3, -0.25) is 9.59 Å². The maximum Gasteiger partial charge on any atom is 0.249 e. The number of ether oxygens (including phenoxy) is 2. The fourth-order valence-corrected chi connectivity index (χ4v) is 3.21. The highest BCUT2D eigenvalue weighted by Crippen LogP contribution is 2.24. The zero-order valence-electron chi connectivity index (χ0n) is 13.4. The molecule has 2 fully saturated rings. The number of nitrogens with one attached hydrogen (secondary N) is 1. The van der Waals surface area contributed by atoms with E-state index in [1.165, 1.54) is 0 Å². The topological polar surface area (TPSA) is 90.7 Å². The van der Waals surface area contributed by atoms with Gasteiger partial charge >= 0.3 is 0 Å². The number of amides is 2. The van der Waals surface area contributed by atoms with Crippen LogP contribution in [0, 0.1) is 5.92 Å². The molecule has 1 saturated carbocycles. The van der Waals surface area contributed by atoms with Gasteiger partial charge in [0.2, 0.25) is 11.8 Å². The monoisotopic (exact) mass is 312 g/mol. The van der Waals surface area contributed by atoms with E-state index in [4.69, 9.17) is 15.2 Å². The van der Waals surface area contributed by atoms with Gasteiger partial charge in [0.05, 0.1) is 18.6 Å². The van der Waals surface area contributed by atoms with Crippen molar-refractivity contribution in [3.05, 3.63) is 0 Å². The SMILES string of the molecule is CC(OCC1CCCCO1)C(=O)NC1CCCCC1C(N)=O. The van der Waals surface area contributed by atoms with E-state index in [0.29, 0.717) is 6.61 Å². The molecule has 1 heterocycles. The van der Waals surface area contributed by atoms with Gasteiger partial charge in [-0.1, -0.05) is 12.8 Å². The number of carbonyl (C=O) groups excluding carboxylic acids is 2. The van der Waals surface area contributed by atoms with Crippen LogP contribution < -0.4 is 11.1 Å². The van der Waals surface area contributed by atoms with Gasteiger partial charge in [0, 0.05) is 12.6 Å². The van der Waals surface area contributed by atoms with Crippen molar-refractivity contribution in [2.24, 2.45) is 11.7 Å². The molecular weight excluding hydrogens is 284 g/mol. The largest absolute Gasteiger partial charge is 0.376 e. The maximum atomic E-state index is 12.2. The lowest BCUT2D eigenvalue weighted by Crippen LogP contribution is -2.50. The Balaban J connectivity index is 1.75. The molecule has 1 saturated heterocycles. The second-order valence-corrected chi connectivity index (χ2v) is 6.37. The van der Waals surface area contributed by atoms with Crippen LogP contribution in [0.15, 0.2) is 0 Å². The summed E-state index contributed by atoms with van der Waals surface area (Å²) in [6, 6.07) is -0.157. The molecule has 6 nitrogen and oxygen atoms in total. The zero-order chi connectivity index (χ0) is 15.9. The summed E-state index contributed by atoms with van der Waals surface area (Å²) in [6.07, 6.45) is 6.35. The van der Waals surface area contributed by atoms with Gasteiger partial charge in [-0.2, -0.15) is 0 Å². The minimum atomic E-state index is -0.541. The third kappa shape index (κ3) is 4.95. The predicted molar refractivity (Wildman–Crippen MR) is 82.1 cm³/mol. The average molecular weight is 312 g/mol. The van der Waals surface area contributed by atoms with E-state index in [1.54, 1.807) is 6.92 Å². The number of hydrogen-bond acceptors (Lipinski definition) is 4. The van der Waals surface area contributed by atoms with Crippen molar-refractivity contribution in [1.82, 2.24) is 5.32 Å². The Labute approximate surface area is 132 Å². The fraction of sp³-hybridized carbons (Fsp3) is 0.875. The van der Waals surface area contributed by atoms with Crippen LogP contribution in [0.1, 0.15) is 51.9 Å². The lowest BCUT2D eigenvalue weighted by Gasteiger charge is -2.31. The Bertz CT molecular complexity index is 382. The third-order valence-electron chi connectivity index (χ3n) is 4.63. The van der Waals surface area contributed by atoms with Gasteiger partial charge in [-0.25, -0.2) is 0 Å². The van der Waals surface area contributed by atoms with Crippen LogP contribution in [-0.4, -0.2) is 43.3 Å². The smallest absolute Gasteiger partial charge is 0.249 e. The first-order valence-corrected chi connectivity index (χ1v) is 8.41. The number of primary amides is 1. The number of hydrogen-bond donors (Lipinski definition) is 2. The van der Waals surface area contributed by atoms with Gasteiger partial charge < -0.3 is 20.5 Å². The Morgan fingerprint density at radius 3 is 2.64 bits per heavy atom. The molecular formula is C16H28N2O4. The van der Waals surface area contributed by atoms with E-state index in [2.05, 4.69) is 5.32 Å². The number of nitrogens with two attached hydrogens (primary N) is 1. The Morgan fingerprint density at radius 2 is 1.95 bits per heavy atom. The molecule has 0 aromatic rings. The quantitative estimate of drug-likeness (QED) is 0.769. The van der Waals surface area contributed by atoms with Crippen LogP contribution in [0.5, 0.6) is 0 Å². The molecule has 0 radical (unpaired) electrons. The molecule has 0 aromatic heterocycles. The molecule has 0 spiro atoms. The van der Waals surface area contributed by atoms with Crippen molar-refractivity contribution >= 4 is 11.8 Å². The molecule has 1 aliphatic heterocycles. The van der Waals surface area contributed by atoms with Crippen LogP contribution in [0.3, 0.4) is 0 Å². The van der Waals surface area contributed by atoms with Crippen molar-refractivity contribution in [2.75, 3.05) is 13.2 Å². The Kier molecular flexibility index (Phi) is 6.64. The maximum absolute atomic E-state index is 12.2. The van der Waals surface area contributed by atoms with Crippen LogP contribution in [0.25, 0.3) is 0 Å². The molecule has 4 unspecified atom stereocenters. The summed E-state index contributed by atoms with van der Waals surface area (Å²) >= 11 is 0. The summed E-state index contributed by atoms with van der Waals surface area (Å²) in [5.74, 6) is -0.755. The molecule has 22 heavy (non-hydrogen) atoms. The summed E-state index contributed by atoms with van der Waals surface area (Å²) < 4.78 is 11.2. The highest BCUT2D eigenvalue weighted by molar-refractivity contribution is 5.82. The molecule has 0 aromatic carbocycles. The van der Waals surface area contributed by atoms with E-state index in [0.717, 1.165) is 51.6 Å². The van der Waals surface area contributed by atoms with Gasteiger partial charge in [0.25, 0.3) is 0 Å². The summed E-state index contributed by atoms with van der Waals surface area (Å²) in [6.45, 7) is 2.95. The van der Waals surface area contributed by atoms with E-state index in [9.17, 15) is 9.59 Å². The van der Waals surface area contributed by atoms with E-state index < -0.39 is 6.10 Å². The highest BCUT2D eigenvalue weighted by Gasteiger charge is 2.31. The van der Waals surface area contributed by atoms with Crippen LogP contribution in [-0.2, 0) is 19.1 Å². The molecule has 6 heteroatoms. The van der Waals surface area contributed by atoms with Crippen molar-refractivity contribution < 1.29 is 19.1 Å². The van der Waals surface area contributed by atoms with Crippen LogP contribution in [0.4, 0.5) is 0 Å². The molecule has 2 aliphatic rings. The van der Waals surface area contributed by atoms with Crippen LogP contribution >= 0.6 is 0 Å². The van der Waals surface area contributed by atoms with Gasteiger partial charge in [-0.15, -0.1) is 0 Å². The summed E-state index contributed by atoms with van der Waals surface area (Å²) in [7, 11) is 0. The second kappa shape index (κ2) is 8.48. The molecule has 3 N–H and O–H groups in total. The summed E-state index contributed by atoms with van der Waals surface area (Å²) in [4.78, 5) is 23.7. The van der Waals surface area contributed by atoms with E-state index >= 15 is 0 Å². The van der Waals surface area contributed by atoms with Crippen molar-refractivity contribution in [2.45, 2.75) is 70.1 Å². The van der Waals surface area contributed by atoms with Crippen molar-refractivity contribution in [3.8, 4) is 0 Å². The highest BCUT2D eigenvalue weighted by atomic mass is 16.5. The molecule has 2 amide bonds. The molecule has 4 atom stereocenters. The van der Waals surface area contributed by atoms with Gasteiger partial charge in [0.1, 0.15) is 6.10 Å². The summed E-state index contributed by atoms with van der Waals surface area (Å²) in [5.41, 5.74) is 5.43. The predicted octanol–water partition coefficient (Wildman–Crippen LogP) is 1.12. The molecule has 1 aliphatic carbocycles. The number of rotatable bonds is 6. The average Bonchev–Trinajstić information content (AvgIpc) is 2.53. The standard InChI is InChI=1S/C16H28N2O4/c1-11(22-10-12-6-4-5-9-21-12)16(20)18-14-8-3-2-7-13(14)15(17)19/h11-14H,2-10H2,1H3,(H2,17,19)(H,18,20). The molecule has 0 bridgehead atoms. The minimum absolute atomic E-state index is 0.0945. The van der Waals surface area contributed by atoms with Gasteiger partial charge in [0.15, 0.2) is 0 Å². The zero-order valence-corrected chi connectivity index (χ0v) is 13.4. The fourth-order valence-electron chi connectivity index (χ4n) is 3.21.